The quantitative estimate of drug-likeness (QED) is 0.0130. The zero-order valence-electron chi connectivity index (χ0n) is 71.8. The SMILES string of the molecule is CCCCCCCCCCN(CCC)c1cc2sc(/C=C(\C#N)c3nc4ccccc4o3)cc2s1.CCCOCCN(C)c1cc2sc(/C=C(/C)C#N)cc2s1.CN(CCO)c1cc2sc(/C=C(\C#N)c3nc4ccccc4s3)cc2s1.O=S(=O)=O.[C-]#[N+]/C(=C\c1cc2sc(N(C)C)cc2s1)C(=O)OC(C)(C)C.[C-]#[N+]/C(=C\c1cc2sc(NC)cc2s1)C(C)=O. The maximum absolute atomic E-state index is 12.0. The molecule has 0 aliphatic heterocycles. The van der Waals surface area contributed by atoms with Gasteiger partial charge in [0, 0.05) is 145 Å². The number of rotatable bonds is 32. The Balaban J connectivity index is 0.000000178. The molecule has 14 aromatic rings. The number of nitrogens with one attached hydrogen (secondary N) is 1. The van der Waals surface area contributed by atoms with Crippen LogP contribution in [0.15, 0.2) is 131 Å². The van der Waals surface area contributed by atoms with E-state index in [9.17, 15) is 20.1 Å². The summed E-state index contributed by atoms with van der Waals surface area (Å²) in [5, 5.41) is 47.2. The number of ketones is 1. The minimum atomic E-state index is -3.11. The number of unbranched alkanes of at least 4 members (excludes halogenated alkanes) is 7. The zero-order chi connectivity index (χ0) is 90.3. The van der Waals surface area contributed by atoms with Gasteiger partial charge in [-0.05, 0) is 169 Å². The largest absolute Gasteiger partial charge is 0.465 e. The van der Waals surface area contributed by atoms with Crippen LogP contribution in [0.5, 0.6) is 0 Å². The number of hydrogen-bond donors (Lipinski definition) is 2. The van der Waals surface area contributed by atoms with Gasteiger partial charge >= 0.3 is 16.6 Å². The third-order valence-corrected chi connectivity index (χ3v) is 30.9. The number of para-hydroxylation sites is 3. The molecule has 125 heavy (non-hydrogen) atoms. The highest BCUT2D eigenvalue weighted by molar-refractivity contribution is 7.59. The zero-order valence-corrected chi connectivity index (χ0v) is 81.6. The van der Waals surface area contributed by atoms with E-state index in [-0.39, 0.29) is 23.8 Å². The highest BCUT2D eigenvalue weighted by Crippen LogP contribution is 2.44. The summed E-state index contributed by atoms with van der Waals surface area (Å²) in [6.07, 6.45) is 22.1. The second-order valence-corrected chi connectivity index (χ2v) is 41.8. The normalized spacial score (nSPS) is 11.7. The van der Waals surface area contributed by atoms with Gasteiger partial charge in [-0.15, -0.1) is 137 Å². The van der Waals surface area contributed by atoms with Crippen LogP contribution in [0.1, 0.15) is 155 Å². The second kappa shape index (κ2) is 49.2. The summed E-state index contributed by atoms with van der Waals surface area (Å²) >= 11 is 18.6. The van der Waals surface area contributed by atoms with Crippen LogP contribution in [-0.4, -0.2) is 126 Å². The van der Waals surface area contributed by atoms with Gasteiger partial charge in [0.15, 0.2) is 11.4 Å². The van der Waals surface area contributed by atoms with Gasteiger partial charge in [0.2, 0.25) is 11.6 Å². The predicted molar refractivity (Wildman–Crippen MR) is 537 cm³/mol. The Hall–Kier alpha value is -10.1. The van der Waals surface area contributed by atoms with Crippen molar-refractivity contribution in [1.29, 1.82) is 15.8 Å². The molecule has 14 rings (SSSR count). The Bertz CT molecular complexity index is 6270. The summed E-state index contributed by atoms with van der Waals surface area (Å²) in [4.78, 5) is 52.8. The number of aliphatic hydroxyl groups is 1. The number of oxazole rings is 1. The van der Waals surface area contributed by atoms with Gasteiger partial charge in [-0.2, -0.15) is 15.8 Å². The third kappa shape index (κ3) is 29.8. The lowest BCUT2D eigenvalue weighted by Gasteiger charge is -2.22. The van der Waals surface area contributed by atoms with Crippen molar-refractivity contribution < 1.29 is 41.2 Å². The van der Waals surface area contributed by atoms with Crippen LogP contribution in [0.25, 0.3) is 120 Å². The van der Waals surface area contributed by atoms with Crippen molar-refractivity contribution in [1.82, 2.24) is 9.97 Å². The van der Waals surface area contributed by atoms with E-state index in [1.807, 2.05) is 125 Å². The first-order valence-corrected chi connectivity index (χ1v) is 50.2. The number of ether oxygens (including phenoxy) is 2. The molecular formula is C92H98N12O9S12. The maximum atomic E-state index is 12.0. The summed E-state index contributed by atoms with van der Waals surface area (Å²) < 4.78 is 55.2. The number of carbonyl (C=O) groups excluding carboxylic acids is 2. The van der Waals surface area contributed by atoms with E-state index in [0.717, 1.165) is 116 Å². The molecule has 0 radical (unpaired) electrons. The number of thiazole rings is 1. The second-order valence-electron chi connectivity index (χ2n) is 29.4. The molecule has 0 aliphatic rings. The summed E-state index contributed by atoms with van der Waals surface area (Å²) in [5.74, 6) is -0.383. The van der Waals surface area contributed by atoms with Crippen LogP contribution >= 0.6 is 125 Å². The smallest absolute Gasteiger partial charge is 0.425 e. The molecule has 0 spiro atoms. The third-order valence-electron chi connectivity index (χ3n) is 18.1. The Morgan fingerprint density at radius 1 is 0.520 bits per heavy atom. The molecule has 2 aromatic carbocycles. The summed E-state index contributed by atoms with van der Waals surface area (Å²) in [6.45, 7) is 34.9. The number of carbonyl (C=O) groups is 2. The number of allylic oxidation sites excluding steroid dienone is 4. The standard InChI is InChI=1S/C29H35N3OS2.C19H15N3OS3.C16H18N2O2S2.C16H20N2OS2.C12H10N2OS2.O3S/c1-3-5-6-7-8-9-10-13-17-32(16-4-2)28-20-27-26(35-28)19-23(34-27)18-22(21-30)29-31-24-14-11-12-15-25(24)33-29;1-22(6-7-23)18-10-17-16(25-18)9-13(24-17)8-12(11-20)19-21-14-4-2-3-5-15(14)26-19;1-16(2,3)20-15(19)11(17-4)7-10-8-12-13(21-10)9-14(22-12)18(5)6;1-4-6-19-7-5-18(3)16-10-15-14(21-16)9-13(20-15)8-12(2)11-17;1-7(15)9(13-2)4-8-5-10-11(16-8)6-12(14-3)17-10;1-4(2)3/h11-12,14-15,18-20H,3-10,13,16-17H2,1-2H3;2-5,8-10,23H,6-7H2,1H3;7-9H,1-3,5-6H3;8-10H,4-7H2,1-3H3;4-6,14H,1,3H3;/b22-18+;12-8+;11-7-;12-8-;9-4-;. The molecular weight excluding hydrogens is 1800 g/mol. The number of fused-ring (bicyclic) bond motifs is 7. The summed E-state index contributed by atoms with van der Waals surface area (Å²) in [6, 6.07) is 43.6. The number of benzene rings is 2. The summed E-state index contributed by atoms with van der Waals surface area (Å²) in [7, 11) is 6.88. The van der Waals surface area contributed by atoms with Crippen LogP contribution in [0, 0.1) is 47.1 Å². The van der Waals surface area contributed by atoms with E-state index >= 15 is 0 Å². The van der Waals surface area contributed by atoms with E-state index in [1.165, 1.54) is 111 Å². The fraction of sp³-hybridized carbons (Fsp3) is 0.337. The topological polar surface area (TPSA) is 268 Å². The predicted octanol–water partition coefficient (Wildman–Crippen LogP) is 26.8. The Morgan fingerprint density at radius 3 is 1.48 bits per heavy atom. The van der Waals surface area contributed by atoms with Gasteiger partial charge in [0.05, 0.1) is 73.2 Å². The molecule has 0 atom stereocenters. The molecule has 0 amide bonds. The number of esters is 1. The monoisotopic (exact) mass is 1900 g/mol. The molecule has 12 aromatic heterocycles. The Kier molecular flexibility index (Phi) is 38.8. The fourth-order valence-corrected chi connectivity index (χ4v) is 24.6. The van der Waals surface area contributed by atoms with E-state index in [2.05, 4.69) is 139 Å². The molecule has 0 aliphatic carbocycles. The average molecular weight is 1900 g/mol. The number of nitrogens with zero attached hydrogens (tertiary/aromatic N) is 11. The molecule has 0 saturated carbocycles. The maximum Gasteiger partial charge on any atom is 0.425 e. The number of Topliss-reactive ketones (excluding diaryl/α,β-unsaturated/α-hetero) is 1. The molecule has 0 bridgehead atoms. The summed E-state index contributed by atoms with van der Waals surface area (Å²) in [5.41, 5.74) is 3.80. The van der Waals surface area contributed by atoms with E-state index in [4.69, 9.17) is 50.0 Å². The van der Waals surface area contributed by atoms with Gasteiger partial charge in [-0.3, -0.25) is 4.79 Å². The number of likely N-dealkylation sites (N-methyl/N-ethyl adjacent to an activating group) is 2. The lowest BCUT2D eigenvalue weighted by atomic mass is 10.1. The number of aliphatic hydroxyl groups excluding tert-OH is 1. The van der Waals surface area contributed by atoms with Gasteiger partial charge < -0.3 is 48.7 Å². The molecule has 21 nitrogen and oxygen atoms in total. The minimum Gasteiger partial charge on any atom is -0.465 e. The average Bonchev–Trinajstić information content (AvgIpc) is 1.66. The fourth-order valence-electron chi connectivity index (χ4n) is 12.0. The number of aromatic nitrogens is 2. The Labute approximate surface area is 775 Å². The van der Waals surface area contributed by atoms with E-state index in [0.29, 0.717) is 29.2 Å². The van der Waals surface area contributed by atoms with E-state index in [1.54, 1.807) is 146 Å². The molecule has 33 heteroatoms. The number of hydrogen-bond acceptors (Lipinski definition) is 30. The molecule has 0 fully saturated rings. The van der Waals surface area contributed by atoms with Crippen LogP contribution in [0.3, 0.4) is 0 Å². The van der Waals surface area contributed by atoms with Crippen molar-refractivity contribution in [3.05, 3.63) is 184 Å². The van der Waals surface area contributed by atoms with Gasteiger partial charge in [0.1, 0.15) is 33.8 Å². The van der Waals surface area contributed by atoms with Crippen molar-refractivity contribution in [2.75, 3.05) is 106 Å². The van der Waals surface area contributed by atoms with Crippen LogP contribution in [0.4, 0.5) is 25.0 Å². The first-order valence-electron chi connectivity index (χ1n) is 40.2. The number of thiophene rings is 10. The van der Waals surface area contributed by atoms with Crippen molar-refractivity contribution in [2.24, 2.45) is 0 Å². The van der Waals surface area contributed by atoms with Crippen LogP contribution in [-0.2, 0) is 29.7 Å². The highest BCUT2D eigenvalue weighted by Gasteiger charge is 2.23. The molecule has 0 unspecified atom stereocenters. The van der Waals surface area contributed by atoms with Crippen molar-refractivity contribution in [2.45, 2.75) is 125 Å². The molecule has 12 heterocycles. The van der Waals surface area contributed by atoms with Crippen LogP contribution in [0.2, 0.25) is 0 Å². The molecule has 652 valence electrons. The number of nitriles is 3. The van der Waals surface area contributed by atoms with Gasteiger partial charge in [0.25, 0.3) is 5.70 Å². The number of anilines is 5. The van der Waals surface area contributed by atoms with E-state index < -0.39 is 22.2 Å². The van der Waals surface area contributed by atoms with Gasteiger partial charge in [-0.25, -0.2) is 19.7 Å². The Morgan fingerprint density at radius 2 is 0.992 bits per heavy atom. The lowest BCUT2D eigenvalue weighted by molar-refractivity contribution is -0.149. The van der Waals surface area contributed by atoms with Crippen molar-refractivity contribution in [3.8, 4) is 18.2 Å². The van der Waals surface area contributed by atoms with Crippen LogP contribution < -0.4 is 24.9 Å². The molecule has 0 saturated heterocycles. The molecule has 2 N–H and O–H groups in total. The first kappa shape index (κ1) is 98.7. The lowest BCUT2D eigenvalue weighted by Crippen LogP contribution is -2.24. The highest BCUT2D eigenvalue weighted by atomic mass is 32.2. The minimum absolute atomic E-state index is 0.0108. The first-order chi connectivity index (χ1) is 60.1. The van der Waals surface area contributed by atoms with Crippen molar-refractivity contribution >= 4 is 282 Å². The van der Waals surface area contributed by atoms with Crippen molar-refractivity contribution in [3.63, 3.8) is 0 Å². The van der Waals surface area contributed by atoms with Gasteiger partial charge in [-0.1, -0.05) is 90.0 Å².